The summed E-state index contributed by atoms with van der Waals surface area (Å²) < 4.78 is 11.5. The third-order valence-electron chi connectivity index (χ3n) is 6.15. The molecular formula is C26H30O7S. The quantitative estimate of drug-likeness (QED) is 0.314. The molecule has 4 rings (SSSR count). The maximum atomic E-state index is 10.8. The summed E-state index contributed by atoms with van der Waals surface area (Å²) in [5.41, 5.74) is 2.63. The zero-order chi connectivity index (χ0) is 24.1. The normalized spacial score (nSPS) is 25.7. The van der Waals surface area contributed by atoms with Crippen LogP contribution in [-0.2, 0) is 11.2 Å². The van der Waals surface area contributed by atoms with E-state index in [1.54, 1.807) is 17.4 Å². The standard InChI is InChI=1S/C26H30O7S/c27-10-11-32-20-9-8-17(14-19(20)26-25(31)24(30)23(29)21(15-28)33-26)18(22-7-4-12-34-22)13-16-5-2-1-3-6-16/h1-9,12,14,18,21,23-31H,10-11,13,15H2/t18?,21-,23-,24+,25-,26+/m1/s1. The summed E-state index contributed by atoms with van der Waals surface area (Å²) in [5, 5.41) is 52.2. The van der Waals surface area contributed by atoms with Gasteiger partial charge in [0.05, 0.1) is 13.2 Å². The first kappa shape index (κ1) is 24.8. The van der Waals surface area contributed by atoms with Crippen LogP contribution in [0, 0.1) is 0 Å². The first-order valence-corrected chi connectivity index (χ1v) is 12.2. The van der Waals surface area contributed by atoms with E-state index in [2.05, 4.69) is 18.2 Å². The van der Waals surface area contributed by atoms with Crippen LogP contribution in [0.1, 0.15) is 33.6 Å². The van der Waals surface area contributed by atoms with Gasteiger partial charge in [-0.3, -0.25) is 0 Å². The van der Waals surface area contributed by atoms with E-state index in [0.717, 1.165) is 12.0 Å². The number of benzene rings is 2. The second-order valence-electron chi connectivity index (χ2n) is 8.38. The molecule has 1 aliphatic heterocycles. The summed E-state index contributed by atoms with van der Waals surface area (Å²) in [4.78, 5) is 1.17. The van der Waals surface area contributed by atoms with Crippen molar-refractivity contribution in [2.75, 3.05) is 19.8 Å². The van der Waals surface area contributed by atoms with Crippen molar-refractivity contribution in [2.45, 2.75) is 42.9 Å². The van der Waals surface area contributed by atoms with Gasteiger partial charge in [0.2, 0.25) is 0 Å². The minimum Gasteiger partial charge on any atom is -0.491 e. The van der Waals surface area contributed by atoms with Crippen LogP contribution < -0.4 is 4.74 Å². The van der Waals surface area contributed by atoms with E-state index in [1.807, 2.05) is 41.8 Å². The number of aliphatic hydroxyl groups is 5. The highest BCUT2D eigenvalue weighted by molar-refractivity contribution is 7.10. The third-order valence-corrected chi connectivity index (χ3v) is 7.14. The lowest BCUT2D eigenvalue weighted by molar-refractivity contribution is -0.232. The summed E-state index contributed by atoms with van der Waals surface area (Å²) in [5.74, 6) is 0.421. The Morgan fingerprint density at radius 1 is 0.912 bits per heavy atom. The molecule has 2 heterocycles. The Balaban J connectivity index is 1.75. The number of aliphatic hydroxyl groups excluding tert-OH is 5. The SMILES string of the molecule is OCCOc1ccc(C(Cc2ccccc2)c2cccs2)cc1[C@@H]1O[C@H](CO)[C@@H](O)[C@H](O)[C@H]1O. The molecule has 0 spiro atoms. The monoisotopic (exact) mass is 486 g/mol. The second-order valence-corrected chi connectivity index (χ2v) is 9.36. The lowest BCUT2D eigenvalue weighted by Gasteiger charge is -2.40. The van der Waals surface area contributed by atoms with E-state index in [9.17, 15) is 25.5 Å². The van der Waals surface area contributed by atoms with E-state index >= 15 is 0 Å². The third kappa shape index (κ3) is 5.34. The average Bonchev–Trinajstić information content (AvgIpc) is 3.40. The number of ether oxygens (including phenoxy) is 2. The summed E-state index contributed by atoms with van der Waals surface area (Å²) in [6, 6.07) is 19.9. The second kappa shape index (κ2) is 11.4. The molecule has 0 aliphatic carbocycles. The molecule has 5 N–H and O–H groups in total. The molecule has 1 aliphatic rings. The molecule has 1 aromatic heterocycles. The maximum absolute atomic E-state index is 10.8. The highest BCUT2D eigenvalue weighted by Gasteiger charge is 2.45. The van der Waals surface area contributed by atoms with Gasteiger partial charge >= 0.3 is 0 Å². The van der Waals surface area contributed by atoms with E-state index in [4.69, 9.17) is 9.47 Å². The Bertz CT molecular complexity index is 1020. The molecule has 1 unspecified atom stereocenters. The smallest absolute Gasteiger partial charge is 0.125 e. The predicted molar refractivity (Wildman–Crippen MR) is 128 cm³/mol. The molecule has 0 bridgehead atoms. The van der Waals surface area contributed by atoms with Gasteiger partial charge in [-0.1, -0.05) is 42.5 Å². The van der Waals surface area contributed by atoms with Crippen molar-refractivity contribution in [2.24, 2.45) is 0 Å². The lowest BCUT2D eigenvalue weighted by Crippen LogP contribution is -2.55. The van der Waals surface area contributed by atoms with Crippen LogP contribution in [0.4, 0.5) is 0 Å². The van der Waals surface area contributed by atoms with Gasteiger partial charge in [-0.25, -0.2) is 0 Å². The van der Waals surface area contributed by atoms with Gasteiger partial charge < -0.3 is 35.0 Å². The predicted octanol–water partition coefficient (Wildman–Crippen LogP) is 2.01. The number of hydrogen-bond donors (Lipinski definition) is 5. The van der Waals surface area contributed by atoms with Gasteiger partial charge in [-0.15, -0.1) is 11.3 Å². The molecule has 8 heteroatoms. The van der Waals surface area contributed by atoms with Crippen molar-refractivity contribution in [3.05, 3.63) is 87.6 Å². The molecule has 34 heavy (non-hydrogen) atoms. The number of hydrogen-bond acceptors (Lipinski definition) is 8. The minimum atomic E-state index is -1.50. The van der Waals surface area contributed by atoms with E-state index in [-0.39, 0.29) is 19.1 Å². The first-order chi connectivity index (χ1) is 16.5. The molecule has 182 valence electrons. The minimum absolute atomic E-state index is 0.0259. The Morgan fingerprint density at radius 3 is 2.38 bits per heavy atom. The number of rotatable bonds is 9. The van der Waals surface area contributed by atoms with Gasteiger partial charge in [0.25, 0.3) is 0 Å². The highest BCUT2D eigenvalue weighted by Crippen LogP contribution is 2.40. The average molecular weight is 487 g/mol. The van der Waals surface area contributed by atoms with Crippen molar-refractivity contribution in [1.29, 1.82) is 0 Å². The van der Waals surface area contributed by atoms with Crippen LogP contribution in [0.25, 0.3) is 0 Å². The van der Waals surface area contributed by atoms with Gasteiger partial charge in [-0.05, 0) is 41.1 Å². The van der Waals surface area contributed by atoms with Crippen molar-refractivity contribution in [1.82, 2.24) is 0 Å². The van der Waals surface area contributed by atoms with Gasteiger partial charge in [0.1, 0.15) is 42.9 Å². The fourth-order valence-electron chi connectivity index (χ4n) is 4.37. The molecule has 7 nitrogen and oxygen atoms in total. The van der Waals surface area contributed by atoms with E-state index < -0.39 is 37.1 Å². The summed E-state index contributed by atoms with van der Waals surface area (Å²) in [6.07, 6.45) is -5.69. The molecule has 1 fully saturated rings. The zero-order valence-electron chi connectivity index (χ0n) is 18.6. The molecule has 6 atom stereocenters. The van der Waals surface area contributed by atoms with Crippen molar-refractivity contribution in [3.8, 4) is 5.75 Å². The van der Waals surface area contributed by atoms with Crippen molar-refractivity contribution >= 4 is 11.3 Å². The van der Waals surface area contributed by atoms with Crippen LogP contribution in [-0.4, -0.2) is 69.8 Å². The Hall–Kier alpha value is -2.30. The number of thiophene rings is 1. The lowest BCUT2D eigenvalue weighted by atomic mass is 9.86. The fraction of sp³-hybridized carbons (Fsp3) is 0.385. The van der Waals surface area contributed by atoms with E-state index in [1.165, 1.54) is 10.4 Å². The Labute approximate surface area is 202 Å². The molecule has 0 saturated carbocycles. The Morgan fingerprint density at radius 2 is 1.71 bits per heavy atom. The summed E-state index contributed by atoms with van der Waals surface area (Å²) in [6.45, 7) is -0.663. The van der Waals surface area contributed by atoms with E-state index in [0.29, 0.717) is 11.3 Å². The van der Waals surface area contributed by atoms with Crippen molar-refractivity contribution in [3.63, 3.8) is 0 Å². The summed E-state index contributed by atoms with van der Waals surface area (Å²) in [7, 11) is 0. The van der Waals surface area contributed by atoms with Crippen LogP contribution in [0.15, 0.2) is 66.0 Å². The molecular weight excluding hydrogens is 456 g/mol. The molecule has 0 amide bonds. The van der Waals surface area contributed by atoms with Gasteiger partial charge in [-0.2, -0.15) is 0 Å². The summed E-state index contributed by atoms with van der Waals surface area (Å²) >= 11 is 1.66. The molecule has 3 aromatic rings. The fourth-order valence-corrected chi connectivity index (χ4v) is 5.23. The van der Waals surface area contributed by atoms with Crippen LogP contribution in [0.2, 0.25) is 0 Å². The maximum Gasteiger partial charge on any atom is 0.125 e. The highest BCUT2D eigenvalue weighted by atomic mass is 32.1. The Kier molecular flexibility index (Phi) is 8.33. The topological polar surface area (TPSA) is 120 Å². The van der Waals surface area contributed by atoms with Crippen LogP contribution in [0.3, 0.4) is 0 Å². The molecule has 0 radical (unpaired) electrons. The van der Waals surface area contributed by atoms with Gasteiger partial charge in [0.15, 0.2) is 0 Å². The zero-order valence-corrected chi connectivity index (χ0v) is 19.4. The van der Waals surface area contributed by atoms with Crippen LogP contribution >= 0.6 is 11.3 Å². The van der Waals surface area contributed by atoms with Crippen molar-refractivity contribution < 1.29 is 35.0 Å². The van der Waals surface area contributed by atoms with Crippen LogP contribution in [0.5, 0.6) is 5.75 Å². The largest absolute Gasteiger partial charge is 0.491 e. The molecule has 2 aromatic carbocycles. The molecule has 1 saturated heterocycles. The first-order valence-electron chi connectivity index (χ1n) is 11.3. The van der Waals surface area contributed by atoms with Gasteiger partial charge in [0, 0.05) is 16.4 Å².